The van der Waals surface area contributed by atoms with Crippen molar-refractivity contribution >= 4 is 11.8 Å². The molecular weight excluding hydrogens is 564 g/mol. The van der Waals surface area contributed by atoms with E-state index in [0.717, 1.165) is 35.3 Å². The lowest BCUT2D eigenvalue weighted by Crippen LogP contribution is -2.36. The molecule has 0 aliphatic carbocycles. The number of rotatable bonds is 9. The fourth-order valence-corrected chi connectivity index (χ4v) is 4.57. The van der Waals surface area contributed by atoms with Crippen LogP contribution < -0.4 is 10.6 Å². The van der Waals surface area contributed by atoms with Crippen LogP contribution in [0.1, 0.15) is 52.7 Å². The summed E-state index contributed by atoms with van der Waals surface area (Å²) in [7, 11) is 1.34. The number of pyridine rings is 1. The van der Waals surface area contributed by atoms with Gasteiger partial charge in [-0.25, -0.2) is 18.2 Å². The van der Waals surface area contributed by atoms with Gasteiger partial charge in [-0.15, -0.1) is 0 Å². The maximum Gasteiger partial charge on any atom is 0.434 e. The zero-order valence-corrected chi connectivity index (χ0v) is 22.3. The molecule has 4 rings (SSSR count). The molecule has 2 heterocycles. The Kier molecular flexibility index (Phi) is 8.98. The number of alkyl halides is 3. The predicted octanol–water partition coefficient (Wildman–Crippen LogP) is 5.79. The number of halogens is 6. The molecule has 0 radical (unpaired) electrons. The molecule has 1 unspecified atom stereocenters. The molecule has 0 saturated heterocycles. The van der Waals surface area contributed by atoms with Crippen LogP contribution in [-0.2, 0) is 17.4 Å². The number of imidazole rings is 1. The number of benzene rings is 2. The Balaban J connectivity index is 1.77. The first kappa shape index (κ1) is 30.3. The molecule has 0 saturated carbocycles. The van der Waals surface area contributed by atoms with Crippen molar-refractivity contribution in [2.45, 2.75) is 38.0 Å². The van der Waals surface area contributed by atoms with Crippen LogP contribution in [0.15, 0.2) is 67.3 Å². The smallest absolute Gasteiger partial charge is 0.355 e. The molecule has 2 aromatic carbocycles. The summed E-state index contributed by atoms with van der Waals surface area (Å²) in [6.45, 7) is 1.60. The number of carbonyl (C=O) groups excluding carboxylic acids is 2. The zero-order chi connectivity index (χ0) is 30.6. The van der Waals surface area contributed by atoms with Gasteiger partial charge in [-0.3, -0.25) is 14.6 Å². The van der Waals surface area contributed by atoms with E-state index >= 15 is 0 Å². The van der Waals surface area contributed by atoms with E-state index in [1.807, 2.05) is 0 Å². The standard InChI is InChI=1S/C29H25F6N5O2/c1-3-24(40-14-25(38-15-40)29(33,34)35)28(42)39-23(11-16-9-18(30)13-19(31)10-16)26-20(5-4-8-37-26)17-6-7-22(32)21(12-17)27(41)36-2/h4-10,12-15,23-24H,3,11H2,1-2H3,(H,36,41)(H,39,42)/t23-,24?/m0/s1. The van der Waals surface area contributed by atoms with Crippen LogP contribution in [0, 0.1) is 17.5 Å². The minimum absolute atomic E-state index is 0.0866. The second-order valence-electron chi connectivity index (χ2n) is 9.38. The van der Waals surface area contributed by atoms with Crippen LogP contribution in [0.4, 0.5) is 26.3 Å². The average Bonchev–Trinajstić information content (AvgIpc) is 3.43. The van der Waals surface area contributed by atoms with Crippen molar-refractivity contribution in [2.75, 3.05) is 7.05 Å². The molecule has 2 aromatic heterocycles. The molecule has 7 nitrogen and oxygen atoms in total. The van der Waals surface area contributed by atoms with Crippen LogP contribution in [0.3, 0.4) is 0 Å². The summed E-state index contributed by atoms with van der Waals surface area (Å²) in [4.78, 5) is 33.5. The van der Waals surface area contributed by atoms with Gasteiger partial charge in [0.1, 0.15) is 23.5 Å². The number of amides is 2. The van der Waals surface area contributed by atoms with Crippen molar-refractivity contribution in [3.05, 3.63) is 107 Å². The lowest BCUT2D eigenvalue weighted by Gasteiger charge is -2.25. The number of nitrogens with zero attached hydrogens (tertiary/aromatic N) is 3. The molecule has 42 heavy (non-hydrogen) atoms. The molecule has 220 valence electrons. The molecule has 2 N–H and O–H groups in total. The van der Waals surface area contributed by atoms with Crippen molar-refractivity contribution in [1.29, 1.82) is 0 Å². The number of nitrogens with one attached hydrogen (secondary N) is 2. The van der Waals surface area contributed by atoms with Crippen LogP contribution >= 0.6 is 0 Å². The maximum absolute atomic E-state index is 14.4. The summed E-state index contributed by atoms with van der Waals surface area (Å²) in [5, 5.41) is 5.11. The summed E-state index contributed by atoms with van der Waals surface area (Å²) in [6.07, 6.45) is -1.76. The lowest BCUT2D eigenvalue weighted by molar-refractivity contribution is -0.141. The normalized spacial score (nSPS) is 13.0. The van der Waals surface area contributed by atoms with Crippen LogP contribution in [0.5, 0.6) is 0 Å². The molecule has 13 heteroatoms. The molecule has 2 atom stereocenters. The fraction of sp³-hybridized carbons (Fsp3) is 0.241. The Labute approximate surface area is 236 Å². The maximum atomic E-state index is 14.4. The van der Waals surface area contributed by atoms with E-state index in [4.69, 9.17) is 0 Å². The molecular formula is C29H25F6N5O2. The van der Waals surface area contributed by atoms with Gasteiger partial charge < -0.3 is 15.2 Å². The Morgan fingerprint density at radius 1 is 1.00 bits per heavy atom. The van der Waals surface area contributed by atoms with E-state index in [0.29, 0.717) is 17.2 Å². The first-order valence-electron chi connectivity index (χ1n) is 12.7. The highest BCUT2D eigenvalue weighted by atomic mass is 19.4. The third-order valence-corrected chi connectivity index (χ3v) is 6.54. The largest absolute Gasteiger partial charge is 0.434 e. The topological polar surface area (TPSA) is 88.9 Å². The summed E-state index contributed by atoms with van der Waals surface area (Å²) in [6, 6.07) is 7.66. The molecule has 0 spiro atoms. The van der Waals surface area contributed by atoms with Crippen molar-refractivity contribution in [1.82, 2.24) is 25.2 Å². The van der Waals surface area contributed by atoms with Gasteiger partial charge in [-0.2, -0.15) is 13.2 Å². The summed E-state index contributed by atoms with van der Waals surface area (Å²) >= 11 is 0. The first-order chi connectivity index (χ1) is 19.9. The second kappa shape index (κ2) is 12.5. The van der Waals surface area contributed by atoms with Gasteiger partial charge in [0.25, 0.3) is 5.91 Å². The number of hydrogen-bond donors (Lipinski definition) is 2. The van der Waals surface area contributed by atoms with E-state index < -0.39 is 53.2 Å². The average molecular weight is 590 g/mol. The van der Waals surface area contributed by atoms with Crippen molar-refractivity contribution in [3.63, 3.8) is 0 Å². The summed E-state index contributed by atoms with van der Waals surface area (Å²) < 4.78 is 83.0. The Bertz CT molecular complexity index is 1580. The van der Waals surface area contributed by atoms with Gasteiger partial charge >= 0.3 is 6.18 Å². The monoisotopic (exact) mass is 589 g/mol. The van der Waals surface area contributed by atoms with Crippen LogP contribution in [0.2, 0.25) is 0 Å². The van der Waals surface area contributed by atoms with Crippen molar-refractivity contribution in [2.24, 2.45) is 0 Å². The first-order valence-corrected chi connectivity index (χ1v) is 12.7. The minimum atomic E-state index is -4.71. The Hall–Kier alpha value is -4.68. The van der Waals surface area contributed by atoms with Gasteiger partial charge in [0.05, 0.1) is 23.6 Å². The molecule has 0 aliphatic heterocycles. The lowest BCUT2D eigenvalue weighted by atomic mass is 9.94. The zero-order valence-electron chi connectivity index (χ0n) is 22.3. The highest BCUT2D eigenvalue weighted by molar-refractivity contribution is 5.95. The third-order valence-electron chi connectivity index (χ3n) is 6.54. The quantitative estimate of drug-likeness (QED) is 0.242. The minimum Gasteiger partial charge on any atom is -0.355 e. The van der Waals surface area contributed by atoms with Gasteiger partial charge in [-0.1, -0.05) is 19.1 Å². The highest BCUT2D eigenvalue weighted by Crippen LogP contribution is 2.32. The van der Waals surface area contributed by atoms with E-state index in [2.05, 4.69) is 20.6 Å². The van der Waals surface area contributed by atoms with E-state index in [1.165, 1.54) is 25.4 Å². The molecule has 0 aliphatic rings. The second-order valence-corrected chi connectivity index (χ2v) is 9.38. The Morgan fingerprint density at radius 2 is 1.71 bits per heavy atom. The highest BCUT2D eigenvalue weighted by Gasteiger charge is 2.35. The van der Waals surface area contributed by atoms with Crippen LogP contribution in [0.25, 0.3) is 11.1 Å². The molecule has 0 bridgehead atoms. The number of carbonyl (C=O) groups is 2. The van der Waals surface area contributed by atoms with Gasteiger partial charge in [0, 0.05) is 31.1 Å². The van der Waals surface area contributed by atoms with E-state index in [-0.39, 0.29) is 29.7 Å². The van der Waals surface area contributed by atoms with Gasteiger partial charge in [-0.05, 0) is 54.3 Å². The molecule has 2 amide bonds. The van der Waals surface area contributed by atoms with E-state index in [9.17, 15) is 35.9 Å². The predicted molar refractivity (Wildman–Crippen MR) is 141 cm³/mol. The van der Waals surface area contributed by atoms with E-state index in [1.54, 1.807) is 19.1 Å². The number of hydrogen-bond acceptors (Lipinski definition) is 4. The third kappa shape index (κ3) is 6.78. The van der Waals surface area contributed by atoms with Crippen LogP contribution in [-0.4, -0.2) is 33.4 Å². The van der Waals surface area contributed by atoms with Gasteiger partial charge in [0.15, 0.2) is 5.69 Å². The summed E-state index contributed by atoms with van der Waals surface area (Å²) in [5.41, 5.74) is -0.310. The fourth-order valence-electron chi connectivity index (χ4n) is 4.57. The molecule has 4 aromatic rings. The molecule has 0 fully saturated rings. The Morgan fingerprint density at radius 3 is 2.33 bits per heavy atom. The van der Waals surface area contributed by atoms with Crippen molar-refractivity contribution < 1.29 is 35.9 Å². The SMILES string of the molecule is CCC(C(=O)N[C@@H](Cc1cc(F)cc(F)c1)c1ncccc1-c1ccc(F)c(C(=O)NC)c1)n1cnc(C(F)(F)F)c1. The number of aromatic nitrogens is 3. The van der Waals surface area contributed by atoms with Gasteiger partial charge in [0.2, 0.25) is 5.91 Å². The van der Waals surface area contributed by atoms with Crippen molar-refractivity contribution in [3.8, 4) is 11.1 Å². The summed E-state index contributed by atoms with van der Waals surface area (Å²) in [5.74, 6) is -3.85.